The predicted octanol–water partition coefficient (Wildman–Crippen LogP) is 6.96. The van der Waals surface area contributed by atoms with Gasteiger partial charge >= 0.3 is 11.6 Å². The summed E-state index contributed by atoms with van der Waals surface area (Å²) in [4.78, 5) is 24.3. The van der Waals surface area contributed by atoms with E-state index >= 15 is 0 Å². The molecule has 0 aliphatic carbocycles. The molecule has 1 unspecified atom stereocenters. The third-order valence-electron chi connectivity index (χ3n) is 4.32. The Labute approximate surface area is 191 Å². The molecule has 0 fully saturated rings. The number of esters is 1. The van der Waals surface area contributed by atoms with E-state index in [1.54, 1.807) is 13.0 Å². The van der Waals surface area contributed by atoms with Crippen LogP contribution in [0, 0.1) is 6.92 Å². The molecule has 1 aromatic heterocycles. The summed E-state index contributed by atoms with van der Waals surface area (Å²) in [5.41, 5.74) is 3.08. The first kappa shape index (κ1) is 27.0. The first-order chi connectivity index (χ1) is 15.1. The number of benzene rings is 2. The van der Waals surface area contributed by atoms with Crippen molar-refractivity contribution in [3.05, 3.63) is 64.5 Å². The Morgan fingerprint density at radius 1 is 0.969 bits per heavy atom. The molecule has 1 atom stereocenters. The minimum absolute atomic E-state index is 0.345. The Balaban J connectivity index is 0.00000121. The standard InChI is InChI=1S/C23H25NO4.2C2H6/c1-14-8-6-7-9-17(14)19-13-21(25)27-20-12-16(10-11-18(19)20)24-15(2)22(26)28-23(3,4)5;2*1-2/h6-13,15,24H,1-5H3;2*1-2H3. The van der Waals surface area contributed by atoms with Crippen molar-refractivity contribution in [2.24, 2.45) is 0 Å². The highest BCUT2D eigenvalue weighted by Crippen LogP contribution is 2.31. The zero-order valence-corrected chi connectivity index (χ0v) is 20.8. The van der Waals surface area contributed by atoms with Crippen LogP contribution in [0.1, 0.15) is 61.0 Å². The van der Waals surface area contributed by atoms with Crippen molar-refractivity contribution in [1.82, 2.24) is 0 Å². The molecule has 5 heteroatoms. The average molecular weight is 440 g/mol. The molecule has 0 bridgehead atoms. The minimum Gasteiger partial charge on any atom is -0.458 e. The highest BCUT2D eigenvalue weighted by atomic mass is 16.6. The molecule has 0 aliphatic rings. The molecule has 0 spiro atoms. The molecule has 1 heterocycles. The zero-order chi connectivity index (χ0) is 24.5. The highest BCUT2D eigenvalue weighted by molar-refractivity contribution is 5.95. The smallest absolute Gasteiger partial charge is 0.336 e. The van der Waals surface area contributed by atoms with Crippen LogP contribution in [0.2, 0.25) is 0 Å². The molecular formula is C27H37NO4. The molecule has 0 aliphatic heterocycles. The molecule has 3 rings (SSSR count). The largest absolute Gasteiger partial charge is 0.458 e. The van der Waals surface area contributed by atoms with Gasteiger partial charge in [-0.1, -0.05) is 52.0 Å². The molecule has 3 aromatic rings. The van der Waals surface area contributed by atoms with E-state index in [4.69, 9.17) is 9.15 Å². The molecular weight excluding hydrogens is 402 g/mol. The minimum atomic E-state index is -0.550. The third kappa shape index (κ3) is 7.26. The average Bonchev–Trinajstić information content (AvgIpc) is 2.75. The number of hydrogen-bond donors (Lipinski definition) is 1. The van der Waals surface area contributed by atoms with Crippen LogP contribution in [0.15, 0.2) is 57.7 Å². The van der Waals surface area contributed by atoms with Gasteiger partial charge in [0.25, 0.3) is 0 Å². The van der Waals surface area contributed by atoms with Gasteiger partial charge < -0.3 is 14.5 Å². The van der Waals surface area contributed by atoms with Gasteiger partial charge in [-0.15, -0.1) is 0 Å². The maximum absolute atomic E-state index is 12.2. The summed E-state index contributed by atoms with van der Waals surface area (Å²) in [5, 5.41) is 3.95. The van der Waals surface area contributed by atoms with E-state index in [0.717, 1.165) is 22.1 Å². The van der Waals surface area contributed by atoms with E-state index in [1.165, 1.54) is 6.07 Å². The molecule has 5 nitrogen and oxygen atoms in total. The lowest BCUT2D eigenvalue weighted by atomic mass is 9.98. The second-order valence-electron chi connectivity index (χ2n) is 7.90. The molecule has 0 saturated carbocycles. The first-order valence-corrected chi connectivity index (χ1v) is 11.3. The maximum atomic E-state index is 12.2. The number of ether oxygens (including phenoxy) is 1. The van der Waals surface area contributed by atoms with Crippen molar-refractivity contribution in [3.63, 3.8) is 0 Å². The second-order valence-corrected chi connectivity index (χ2v) is 7.90. The Morgan fingerprint density at radius 2 is 1.59 bits per heavy atom. The highest BCUT2D eigenvalue weighted by Gasteiger charge is 2.21. The third-order valence-corrected chi connectivity index (χ3v) is 4.32. The van der Waals surface area contributed by atoms with Gasteiger partial charge in [-0.05, 0) is 57.9 Å². The lowest BCUT2D eigenvalue weighted by molar-refractivity contribution is -0.155. The fourth-order valence-corrected chi connectivity index (χ4v) is 3.05. The van der Waals surface area contributed by atoms with Gasteiger partial charge in [0.05, 0.1) is 0 Å². The van der Waals surface area contributed by atoms with E-state index in [9.17, 15) is 9.59 Å². The van der Waals surface area contributed by atoms with Gasteiger partial charge in [-0.3, -0.25) is 0 Å². The predicted molar refractivity (Wildman–Crippen MR) is 134 cm³/mol. The molecule has 32 heavy (non-hydrogen) atoms. The van der Waals surface area contributed by atoms with Gasteiger partial charge in [-0.2, -0.15) is 0 Å². The normalized spacial score (nSPS) is 11.4. The van der Waals surface area contributed by atoms with E-state index < -0.39 is 17.3 Å². The van der Waals surface area contributed by atoms with Crippen molar-refractivity contribution < 1.29 is 13.9 Å². The van der Waals surface area contributed by atoms with Crippen LogP contribution in [0.4, 0.5) is 5.69 Å². The number of hydrogen-bond acceptors (Lipinski definition) is 5. The van der Waals surface area contributed by atoms with Crippen LogP contribution in [-0.4, -0.2) is 17.6 Å². The van der Waals surface area contributed by atoms with E-state index in [0.29, 0.717) is 11.3 Å². The number of rotatable bonds is 4. The summed E-state index contributed by atoms with van der Waals surface area (Å²) in [5.74, 6) is -0.345. The monoisotopic (exact) mass is 439 g/mol. The van der Waals surface area contributed by atoms with Gasteiger partial charge in [0.15, 0.2) is 0 Å². The number of nitrogens with one attached hydrogen (secondary N) is 1. The molecule has 174 valence electrons. The summed E-state index contributed by atoms with van der Waals surface area (Å²) in [6.07, 6.45) is 0. The maximum Gasteiger partial charge on any atom is 0.336 e. The lowest BCUT2D eigenvalue weighted by Gasteiger charge is -2.23. The molecule has 0 amide bonds. The fourth-order valence-electron chi connectivity index (χ4n) is 3.05. The Morgan fingerprint density at radius 3 is 2.19 bits per heavy atom. The SMILES string of the molecule is CC.CC.Cc1ccccc1-c1cc(=O)oc2cc(NC(C)C(=O)OC(C)(C)C)ccc12. The number of carbonyl (C=O) groups excluding carboxylic acids is 1. The topological polar surface area (TPSA) is 68.5 Å². The van der Waals surface area contributed by atoms with Crippen molar-refractivity contribution >= 4 is 22.6 Å². The second kappa shape index (κ2) is 12.1. The Hall–Kier alpha value is -3.08. The Bertz CT molecular complexity index is 1080. The quantitative estimate of drug-likeness (QED) is 0.351. The summed E-state index contributed by atoms with van der Waals surface area (Å²) >= 11 is 0. The van der Waals surface area contributed by atoms with E-state index in [-0.39, 0.29) is 5.97 Å². The first-order valence-electron chi connectivity index (χ1n) is 11.3. The van der Waals surface area contributed by atoms with E-state index in [2.05, 4.69) is 5.32 Å². The summed E-state index contributed by atoms with van der Waals surface area (Å²) in [7, 11) is 0. The van der Waals surface area contributed by atoms with Crippen molar-refractivity contribution in [2.75, 3.05) is 5.32 Å². The zero-order valence-electron chi connectivity index (χ0n) is 20.8. The lowest BCUT2D eigenvalue weighted by Crippen LogP contribution is -2.34. The molecule has 1 N–H and O–H groups in total. The van der Waals surface area contributed by atoms with Gasteiger partial charge in [0.2, 0.25) is 0 Å². The summed E-state index contributed by atoms with van der Waals surface area (Å²) in [6, 6.07) is 14.4. The van der Waals surface area contributed by atoms with Gasteiger partial charge in [0, 0.05) is 28.8 Å². The van der Waals surface area contributed by atoms with E-state index in [1.807, 2.05) is 91.8 Å². The van der Waals surface area contributed by atoms with Crippen LogP contribution >= 0.6 is 0 Å². The number of aryl methyl sites for hydroxylation is 1. The van der Waals surface area contributed by atoms with Crippen LogP contribution in [0.25, 0.3) is 22.1 Å². The van der Waals surface area contributed by atoms with Crippen LogP contribution < -0.4 is 10.9 Å². The number of anilines is 1. The van der Waals surface area contributed by atoms with Gasteiger partial charge in [-0.25, -0.2) is 9.59 Å². The van der Waals surface area contributed by atoms with Crippen molar-refractivity contribution in [2.45, 2.75) is 74.0 Å². The Kier molecular flexibility index (Phi) is 10.2. The van der Waals surface area contributed by atoms with Crippen LogP contribution in [-0.2, 0) is 9.53 Å². The molecule has 2 aromatic carbocycles. The summed E-state index contributed by atoms with van der Waals surface area (Å²) in [6.45, 7) is 17.2. The summed E-state index contributed by atoms with van der Waals surface area (Å²) < 4.78 is 10.8. The fraction of sp³-hybridized carbons (Fsp3) is 0.407. The van der Waals surface area contributed by atoms with Crippen molar-refractivity contribution in [1.29, 1.82) is 0 Å². The van der Waals surface area contributed by atoms with Crippen molar-refractivity contribution in [3.8, 4) is 11.1 Å². The van der Waals surface area contributed by atoms with Gasteiger partial charge in [0.1, 0.15) is 17.2 Å². The molecule has 0 saturated heterocycles. The van der Waals surface area contributed by atoms with Crippen LogP contribution in [0.3, 0.4) is 0 Å². The molecule has 0 radical (unpaired) electrons. The number of carbonyl (C=O) groups is 1. The number of fused-ring (bicyclic) bond motifs is 1. The van der Waals surface area contributed by atoms with Crippen LogP contribution in [0.5, 0.6) is 0 Å².